The fraction of sp³-hybridized carbons (Fsp3) is 0.500. The third-order valence-electron chi connectivity index (χ3n) is 3.75. The summed E-state index contributed by atoms with van der Waals surface area (Å²) in [6.45, 7) is 5.48. The molecule has 0 bridgehead atoms. The maximum absolute atomic E-state index is 5.93. The first-order valence-electron chi connectivity index (χ1n) is 7.51. The number of hydrogen-bond acceptors (Lipinski definition) is 6. The zero-order valence-corrected chi connectivity index (χ0v) is 14.1. The van der Waals surface area contributed by atoms with E-state index in [0.29, 0.717) is 0 Å². The monoisotopic (exact) mass is 318 g/mol. The van der Waals surface area contributed by atoms with Gasteiger partial charge in [-0.25, -0.2) is 9.97 Å². The fourth-order valence-electron chi connectivity index (χ4n) is 2.60. The van der Waals surface area contributed by atoms with Crippen LogP contribution < -0.4 is 4.90 Å². The maximum atomic E-state index is 5.93. The number of rotatable bonds is 4. The number of thiazole rings is 1. The highest BCUT2D eigenvalue weighted by Crippen LogP contribution is 2.23. The number of anilines is 1. The molecule has 3 heterocycles. The second kappa shape index (κ2) is 6.73. The Morgan fingerprint density at radius 1 is 1.36 bits per heavy atom. The molecule has 1 aliphatic heterocycles. The molecule has 5 nitrogen and oxygen atoms in total. The van der Waals surface area contributed by atoms with Crippen LogP contribution in [0.3, 0.4) is 0 Å². The molecule has 0 amide bonds. The van der Waals surface area contributed by atoms with Crippen molar-refractivity contribution < 1.29 is 4.74 Å². The number of ether oxygens (including phenoxy) is 1. The lowest BCUT2D eigenvalue weighted by atomic mass is 10.2. The van der Waals surface area contributed by atoms with Gasteiger partial charge in [0.1, 0.15) is 11.9 Å². The summed E-state index contributed by atoms with van der Waals surface area (Å²) in [7, 11) is 4.01. The van der Waals surface area contributed by atoms with Gasteiger partial charge in [0.2, 0.25) is 0 Å². The van der Waals surface area contributed by atoms with Crippen LogP contribution in [-0.4, -0.2) is 48.7 Å². The minimum Gasteiger partial charge on any atom is -0.369 e. The van der Waals surface area contributed by atoms with E-state index >= 15 is 0 Å². The van der Waals surface area contributed by atoms with Crippen molar-refractivity contribution in [2.45, 2.75) is 19.6 Å². The van der Waals surface area contributed by atoms with E-state index in [9.17, 15) is 0 Å². The molecule has 1 fully saturated rings. The predicted molar refractivity (Wildman–Crippen MR) is 89.4 cm³/mol. The molecule has 0 N–H and O–H groups in total. The van der Waals surface area contributed by atoms with E-state index in [2.05, 4.69) is 15.3 Å². The topological polar surface area (TPSA) is 41.5 Å². The first-order chi connectivity index (χ1) is 10.6. The molecule has 0 aliphatic carbocycles. The van der Waals surface area contributed by atoms with Crippen molar-refractivity contribution in [3.8, 4) is 0 Å². The van der Waals surface area contributed by atoms with Gasteiger partial charge in [-0.3, -0.25) is 4.90 Å². The van der Waals surface area contributed by atoms with Gasteiger partial charge in [-0.1, -0.05) is 6.07 Å². The average Bonchev–Trinajstić information content (AvgIpc) is 2.93. The number of hydrogen-bond donors (Lipinski definition) is 0. The molecule has 0 aromatic carbocycles. The fourth-order valence-corrected chi connectivity index (χ4v) is 3.21. The Morgan fingerprint density at radius 2 is 2.23 bits per heavy atom. The van der Waals surface area contributed by atoms with Crippen LogP contribution in [-0.2, 0) is 11.3 Å². The normalized spacial score (nSPS) is 19.3. The Bertz CT molecular complexity index is 628. The molecule has 2 aromatic rings. The van der Waals surface area contributed by atoms with Crippen LogP contribution in [0, 0.1) is 6.92 Å². The molecule has 1 aliphatic rings. The van der Waals surface area contributed by atoms with Gasteiger partial charge in [0.25, 0.3) is 0 Å². The Hall–Kier alpha value is -1.50. The molecule has 2 aromatic heterocycles. The molecular weight excluding hydrogens is 296 g/mol. The minimum absolute atomic E-state index is 0.0355. The summed E-state index contributed by atoms with van der Waals surface area (Å²) in [4.78, 5) is 13.7. The summed E-state index contributed by atoms with van der Waals surface area (Å²) in [5, 5.41) is 3.27. The zero-order valence-electron chi connectivity index (χ0n) is 13.3. The second-order valence-corrected chi connectivity index (χ2v) is 6.83. The molecule has 118 valence electrons. The number of pyridine rings is 1. The smallest absolute Gasteiger partial charge is 0.128 e. The minimum atomic E-state index is 0.0355. The number of nitrogens with zero attached hydrogens (tertiary/aromatic N) is 4. The van der Waals surface area contributed by atoms with E-state index in [1.165, 1.54) is 0 Å². The van der Waals surface area contributed by atoms with Crippen LogP contribution in [0.25, 0.3) is 0 Å². The molecular formula is C16H22N4OS. The van der Waals surface area contributed by atoms with Crippen LogP contribution in [0.1, 0.15) is 22.5 Å². The summed E-state index contributed by atoms with van der Waals surface area (Å²) in [5.41, 5.74) is 2.16. The Morgan fingerprint density at radius 3 is 2.95 bits per heavy atom. The van der Waals surface area contributed by atoms with Crippen molar-refractivity contribution in [3.05, 3.63) is 40.0 Å². The third kappa shape index (κ3) is 3.63. The van der Waals surface area contributed by atoms with Gasteiger partial charge in [0.05, 0.1) is 23.0 Å². The number of morpholine rings is 1. The van der Waals surface area contributed by atoms with Crippen LogP contribution in [0.5, 0.6) is 0 Å². The van der Waals surface area contributed by atoms with Gasteiger partial charge in [0, 0.05) is 39.1 Å². The maximum Gasteiger partial charge on any atom is 0.128 e. The van der Waals surface area contributed by atoms with Gasteiger partial charge in [0.15, 0.2) is 0 Å². The summed E-state index contributed by atoms with van der Waals surface area (Å²) >= 11 is 1.71. The largest absolute Gasteiger partial charge is 0.369 e. The summed E-state index contributed by atoms with van der Waals surface area (Å²) in [5.74, 6) is 0.966. The third-order valence-corrected chi connectivity index (χ3v) is 4.57. The highest BCUT2D eigenvalue weighted by molar-refractivity contribution is 7.09. The predicted octanol–water partition coefficient (Wildman–Crippen LogP) is 2.49. The van der Waals surface area contributed by atoms with Crippen molar-refractivity contribution in [3.63, 3.8) is 0 Å². The highest BCUT2D eigenvalue weighted by Gasteiger charge is 2.23. The number of aryl methyl sites for hydroxylation is 1. The van der Waals surface area contributed by atoms with E-state index in [-0.39, 0.29) is 6.10 Å². The molecule has 0 radical (unpaired) electrons. The molecule has 0 unspecified atom stereocenters. The second-order valence-electron chi connectivity index (χ2n) is 5.77. The molecule has 22 heavy (non-hydrogen) atoms. The molecule has 1 saturated heterocycles. The lowest BCUT2D eigenvalue weighted by Crippen LogP contribution is -2.38. The Balaban J connectivity index is 1.68. The molecule has 0 spiro atoms. The SMILES string of the molecule is Cc1nc(CN2CCO[C@H](c3cccc(N(C)C)n3)C2)cs1. The first kappa shape index (κ1) is 15.4. The highest BCUT2D eigenvalue weighted by atomic mass is 32.1. The quantitative estimate of drug-likeness (QED) is 0.866. The molecule has 1 atom stereocenters. The van der Waals surface area contributed by atoms with Crippen LogP contribution >= 0.6 is 11.3 Å². The van der Waals surface area contributed by atoms with E-state index in [0.717, 1.165) is 48.5 Å². The van der Waals surface area contributed by atoms with Crippen molar-refractivity contribution in [2.24, 2.45) is 0 Å². The summed E-state index contributed by atoms with van der Waals surface area (Å²) in [6.07, 6.45) is 0.0355. The van der Waals surface area contributed by atoms with Gasteiger partial charge < -0.3 is 9.64 Å². The average molecular weight is 318 g/mol. The van der Waals surface area contributed by atoms with E-state index in [1.54, 1.807) is 11.3 Å². The van der Waals surface area contributed by atoms with Crippen LogP contribution in [0.4, 0.5) is 5.82 Å². The Labute approximate surface area is 135 Å². The van der Waals surface area contributed by atoms with Crippen molar-refractivity contribution in [2.75, 3.05) is 38.7 Å². The summed E-state index contributed by atoms with van der Waals surface area (Å²) < 4.78 is 5.93. The summed E-state index contributed by atoms with van der Waals surface area (Å²) in [6, 6.07) is 6.11. The van der Waals surface area contributed by atoms with Gasteiger partial charge in [-0.2, -0.15) is 0 Å². The van der Waals surface area contributed by atoms with Crippen molar-refractivity contribution in [1.82, 2.24) is 14.9 Å². The van der Waals surface area contributed by atoms with Crippen molar-refractivity contribution in [1.29, 1.82) is 0 Å². The van der Waals surface area contributed by atoms with Crippen LogP contribution in [0.15, 0.2) is 23.6 Å². The van der Waals surface area contributed by atoms with E-state index in [1.807, 2.05) is 44.1 Å². The Kier molecular flexibility index (Phi) is 4.71. The first-order valence-corrected chi connectivity index (χ1v) is 8.39. The lowest BCUT2D eigenvalue weighted by molar-refractivity contribution is -0.0352. The van der Waals surface area contributed by atoms with E-state index < -0.39 is 0 Å². The molecule has 6 heteroatoms. The molecule has 3 rings (SSSR count). The lowest BCUT2D eigenvalue weighted by Gasteiger charge is -2.32. The van der Waals surface area contributed by atoms with Gasteiger partial charge in [-0.05, 0) is 19.1 Å². The zero-order chi connectivity index (χ0) is 15.5. The van der Waals surface area contributed by atoms with Gasteiger partial charge in [-0.15, -0.1) is 11.3 Å². The van der Waals surface area contributed by atoms with Crippen molar-refractivity contribution >= 4 is 17.2 Å². The van der Waals surface area contributed by atoms with Gasteiger partial charge >= 0.3 is 0 Å². The van der Waals surface area contributed by atoms with E-state index in [4.69, 9.17) is 9.72 Å². The molecule has 0 saturated carbocycles. The van der Waals surface area contributed by atoms with Crippen LogP contribution in [0.2, 0.25) is 0 Å². The standard InChI is InChI=1S/C16H22N4OS/c1-12-17-13(11-22-12)9-20-7-8-21-15(10-20)14-5-4-6-16(18-14)19(2)3/h4-6,11,15H,7-10H2,1-3H3/t15-/m0/s1. The number of aromatic nitrogens is 2.